The van der Waals surface area contributed by atoms with Crippen molar-refractivity contribution < 1.29 is 14.3 Å². The summed E-state index contributed by atoms with van der Waals surface area (Å²) in [5, 5.41) is 0. The molecule has 31 heavy (non-hydrogen) atoms. The lowest BCUT2D eigenvalue weighted by molar-refractivity contribution is -0.135. The number of methoxy groups -OCH3 is 1. The number of rotatable bonds is 7. The molecule has 164 valence electrons. The molecule has 2 aliphatic rings. The molecule has 2 heterocycles. The SMILES string of the molecule is CCN1C(=O)N(CCc2ccccc2)C2(CCN(Cc3cccc(OC)c3)CC2)C1=O. The van der Waals surface area contributed by atoms with Crippen LogP contribution in [-0.4, -0.2) is 65.5 Å². The van der Waals surface area contributed by atoms with Crippen LogP contribution in [0.1, 0.15) is 30.9 Å². The Hall–Kier alpha value is -2.86. The number of amides is 3. The molecule has 0 bridgehead atoms. The van der Waals surface area contributed by atoms with Crippen LogP contribution in [0.4, 0.5) is 4.79 Å². The smallest absolute Gasteiger partial charge is 0.327 e. The summed E-state index contributed by atoms with van der Waals surface area (Å²) in [5.41, 5.74) is 1.68. The molecule has 0 saturated carbocycles. The first-order valence-corrected chi connectivity index (χ1v) is 11.1. The van der Waals surface area contributed by atoms with Gasteiger partial charge in [-0.2, -0.15) is 0 Å². The van der Waals surface area contributed by atoms with E-state index >= 15 is 0 Å². The summed E-state index contributed by atoms with van der Waals surface area (Å²) in [6, 6.07) is 18.1. The number of hydrogen-bond acceptors (Lipinski definition) is 4. The van der Waals surface area contributed by atoms with Crippen molar-refractivity contribution in [1.29, 1.82) is 0 Å². The highest BCUT2D eigenvalue weighted by Gasteiger charge is 2.57. The van der Waals surface area contributed by atoms with Crippen molar-refractivity contribution in [2.24, 2.45) is 0 Å². The van der Waals surface area contributed by atoms with Crippen LogP contribution in [-0.2, 0) is 17.8 Å². The Bertz CT molecular complexity index is 923. The molecule has 2 aliphatic heterocycles. The molecular formula is C25H31N3O3. The molecule has 1 spiro atoms. The van der Waals surface area contributed by atoms with Crippen molar-refractivity contribution in [3.8, 4) is 5.75 Å². The van der Waals surface area contributed by atoms with Gasteiger partial charge in [-0.1, -0.05) is 42.5 Å². The Labute approximate surface area is 184 Å². The van der Waals surface area contributed by atoms with Gasteiger partial charge < -0.3 is 9.64 Å². The summed E-state index contributed by atoms with van der Waals surface area (Å²) in [6.45, 7) is 5.26. The van der Waals surface area contributed by atoms with Crippen molar-refractivity contribution in [2.75, 3.05) is 33.3 Å². The Morgan fingerprint density at radius 3 is 2.35 bits per heavy atom. The van der Waals surface area contributed by atoms with Gasteiger partial charge in [0.15, 0.2) is 0 Å². The lowest BCUT2D eigenvalue weighted by Crippen LogP contribution is -2.56. The Morgan fingerprint density at radius 1 is 0.968 bits per heavy atom. The van der Waals surface area contributed by atoms with E-state index < -0.39 is 5.54 Å². The number of nitrogens with zero attached hydrogens (tertiary/aromatic N) is 3. The van der Waals surface area contributed by atoms with E-state index in [0.717, 1.165) is 31.8 Å². The predicted octanol–water partition coefficient (Wildman–Crippen LogP) is 3.56. The van der Waals surface area contributed by atoms with E-state index in [9.17, 15) is 9.59 Å². The van der Waals surface area contributed by atoms with Crippen LogP contribution in [0.25, 0.3) is 0 Å². The maximum atomic E-state index is 13.3. The number of carbonyl (C=O) groups is 2. The number of likely N-dealkylation sites (tertiary alicyclic amines) is 1. The number of urea groups is 1. The van der Waals surface area contributed by atoms with E-state index in [1.165, 1.54) is 16.0 Å². The minimum absolute atomic E-state index is 0.0194. The predicted molar refractivity (Wildman–Crippen MR) is 120 cm³/mol. The number of imide groups is 1. The highest BCUT2D eigenvalue weighted by Crippen LogP contribution is 2.37. The molecule has 2 saturated heterocycles. The molecule has 0 atom stereocenters. The van der Waals surface area contributed by atoms with Crippen LogP contribution >= 0.6 is 0 Å². The van der Waals surface area contributed by atoms with Gasteiger partial charge in [0.1, 0.15) is 11.3 Å². The minimum Gasteiger partial charge on any atom is -0.497 e. The average molecular weight is 422 g/mol. The second-order valence-electron chi connectivity index (χ2n) is 8.38. The molecule has 0 N–H and O–H groups in total. The molecule has 2 aromatic carbocycles. The van der Waals surface area contributed by atoms with E-state index in [-0.39, 0.29) is 11.9 Å². The number of ether oxygens (including phenoxy) is 1. The van der Waals surface area contributed by atoms with Crippen LogP contribution in [0.5, 0.6) is 5.75 Å². The number of likely N-dealkylation sites (N-methyl/N-ethyl adjacent to an activating group) is 1. The summed E-state index contributed by atoms with van der Waals surface area (Å²) in [6.07, 6.45) is 2.10. The zero-order chi connectivity index (χ0) is 21.8. The topological polar surface area (TPSA) is 53.1 Å². The average Bonchev–Trinajstić information content (AvgIpc) is 3.00. The van der Waals surface area contributed by atoms with E-state index in [2.05, 4.69) is 29.2 Å². The molecule has 0 aliphatic carbocycles. The number of piperidine rings is 1. The van der Waals surface area contributed by atoms with Crippen LogP contribution < -0.4 is 4.74 Å². The molecule has 6 nitrogen and oxygen atoms in total. The van der Waals surface area contributed by atoms with Crippen LogP contribution in [0.2, 0.25) is 0 Å². The number of benzene rings is 2. The third kappa shape index (κ3) is 4.17. The molecule has 3 amide bonds. The summed E-state index contributed by atoms with van der Waals surface area (Å²) in [5.74, 6) is 0.835. The lowest BCUT2D eigenvalue weighted by Gasteiger charge is -2.42. The molecule has 2 aromatic rings. The second kappa shape index (κ2) is 9.10. The van der Waals surface area contributed by atoms with E-state index in [1.807, 2.05) is 42.2 Å². The van der Waals surface area contributed by atoms with Crippen molar-refractivity contribution in [3.63, 3.8) is 0 Å². The van der Waals surface area contributed by atoms with Gasteiger partial charge in [0.2, 0.25) is 0 Å². The maximum Gasteiger partial charge on any atom is 0.327 e. The third-order valence-corrected chi connectivity index (χ3v) is 6.63. The Morgan fingerprint density at radius 2 is 1.68 bits per heavy atom. The van der Waals surface area contributed by atoms with Crippen LogP contribution in [0.15, 0.2) is 54.6 Å². The highest BCUT2D eigenvalue weighted by atomic mass is 16.5. The summed E-state index contributed by atoms with van der Waals surface area (Å²) < 4.78 is 5.33. The van der Waals surface area contributed by atoms with Gasteiger partial charge >= 0.3 is 6.03 Å². The molecule has 2 fully saturated rings. The van der Waals surface area contributed by atoms with Gasteiger partial charge in [-0.25, -0.2) is 4.79 Å². The normalized spacial score (nSPS) is 18.8. The van der Waals surface area contributed by atoms with Crippen molar-refractivity contribution in [3.05, 3.63) is 65.7 Å². The van der Waals surface area contributed by atoms with Crippen LogP contribution in [0, 0.1) is 0 Å². The zero-order valence-corrected chi connectivity index (χ0v) is 18.4. The summed E-state index contributed by atoms with van der Waals surface area (Å²) in [7, 11) is 1.68. The quantitative estimate of drug-likeness (QED) is 0.642. The molecule has 0 unspecified atom stereocenters. The Balaban J connectivity index is 1.47. The monoisotopic (exact) mass is 421 g/mol. The summed E-state index contributed by atoms with van der Waals surface area (Å²) in [4.78, 5) is 32.1. The van der Waals surface area contributed by atoms with Crippen molar-refractivity contribution in [2.45, 2.75) is 38.3 Å². The first-order chi connectivity index (χ1) is 15.1. The fraction of sp³-hybridized carbons (Fsp3) is 0.440. The minimum atomic E-state index is -0.702. The van der Waals surface area contributed by atoms with Crippen molar-refractivity contribution in [1.82, 2.24) is 14.7 Å². The molecule has 4 rings (SSSR count). The number of carbonyl (C=O) groups excluding carboxylic acids is 2. The number of hydrogen-bond donors (Lipinski definition) is 0. The second-order valence-corrected chi connectivity index (χ2v) is 8.38. The van der Waals surface area contributed by atoms with Gasteiger partial charge in [0, 0.05) is 32.7 Å². The zero-order valence-electron chi connectivity index (χ0n) is 18.4. The first-order valence-electron chi connectivity index (χ1n) is 11.1. The van der Waals surface area contributed by atoms with Crippen LogP contribution in [0.3, 0.4) is 0 Å². The van der Waals surface area contributed by atoms with Gasteiger partial charge in [0.25, 0.3) is 5.91 Å². The fourth-order valence-corrected chi connectivity index (χ4v) is 4.85. The largest absolute Gasteiger partial charge is 0.497 e. The van der Waals surface area contributed by atoms with E-state index in [0.29, 0.717) is 25.9 Å². The first kappa shape index (κ1) is 21.4. The van der Waals surface area contributed by atoms with Gasteiger partial charge in [-0.15, -0.1) is 0 Å². The van der Waals surface area contributed by atoms with Crippen molar-refractivity contribution >= 4 is 11.9 Å². The standard InChI is InChI=1S/C25H31N3O3/c1-3-27-23(29)25(28(24(27)30)15-12-20-8-5-4-6-9-20)13-16-26(17-14-25)19-21-10-7-11-22(18-21)31-2/h4-11,18H,3,12-17,19H2,1-2H3. The molecular weight excluding hydrogens is 390 g/mol. The molecule has 0 radical (unpaired) electrons. The van der Waals surface area contributed by atoms with Gasteiger partial charge in [-0.3, -0.25) is 14.6 Å². The highest BCUT2D eigenvalue weighted by molar-refractivity contribution is 6.07. The van der Waals surface area contributed by atoms with E-state index in [1.54, 1.807) is 7.11 Å². The van der Waals surface area contributed by atoms with Gasteiger partial charge in [-0.05, 0) is 49.4 Å². The van der Waals surface area contributed by atoms with Gasteiger partial charge in [0.05, 0.1) is 7.11 Å². The van der Waals surface area contributed by atoms with E-state index in [4.69, 9.17) is 4.74 Å². The fourth-order valence-electron chi connectivity index (χ4n) is 4.85. The Kier molecular flexibility index (Phi) is 6.28. The lowest BCUT2D eigenvalue weighted by atomic mass is 9.85. The summed E-state index contributed by atoms with van der Waals surface area (Å²) >= 11 is 0. The third-order valence-electron chi connectivity index (χ3n) is 6.63. The maximum absolute atomic E-state index is 13.3. The molecule has 6 heteroatoms. The molecule has 0 aromatic heterocycles.